The fraction of sp³-hybridized carbons (Fsp3) is 0.300. The summed E-state index contributed by atoms with van der Waals surface area (Å²) in [5, 5.41) is 9.42. The third kappa shape index (κ3) is 5.35. The molecule has 0 saturated carbocycles. The van der Waals surface area contributed by atoms with Crippen LogP contribution in [0.4, 0.5) is 0 Å². The number of ether oxygens (including phenoxy) is 1. The summed E-state index contributed by atoms with van der Waals surface area (Å²) < 4.78 is 5.12. The van der Waals surface area contributed by atoms with Gasteiger partial charge >= 0.3 is 5.97 Å². The molecule has 1 amide bonds. The van der Waals surface area contributed by atoms with Crippen molar-refractivity contribution in [2.24, 2.45) is 0 Å². The minimum absolute atomic E-state index is 0.0267. The Balaban J connectivity index is 2.03. The highest BCUT2D eigenvalue weighted by Crippen LogP contribution is 2.18. The van der Waals surface area contributed by atoms with Crippen molar-refractivity contribution in [3.8, 4) is 5.75 Å². The summed E-state index contributed by atoms with van der Waals surface area (Å²) in [5.74, 6) is -0.941. The lowest BCUT2D eigenvalue weighted by atomic mass is 10.0. The van der Waals surface area contributed by atoms with E-state index >= 15 is 0 Å². The lowest BCUT2D eigenvalue weighted by Crippen LogP contribution is -2.46. The molecule has 0 aromatic heterocycles. The van der Waals surface area contributed by atoms with Crippen LogP contribution in [-0.4, -0.2) is 34.0 Å². The Hall–Kier alpha value is -2.82. The first-order valence-electron chi connectivity index (χ1n) is 8.08. The third-order valence-corrected chi connectivity index (χ3v) is 3.70. The standard InChI is InChI=1S/C20H23NO4/c1-20(2,3)21(13-15-8-5-4-6-9-15)18(23)14-25-19(24)16-10-7-11-17(22)12-16/h4-12,22H,13-14H2,1-3H3. The van der Waals surface area contributed by atoms with Crippen LogP contribution < -0.4 is 0 Å². The number of phenols is 1. The second-order valence-corrected chi connectivity index (χ2v) is 6.76. The number of amides is 1. The molecule has 5 heteroatoms. The quantitative estimate of drug-likeness (QED) is 0.847. The van der Waals surface area contributed by atoms with E-state index in [1.165, 1.54) is 18.2 Å². The van der Waals surface area contributed by atoms with Crippen molar-refractivity contribution >= 4 is 11.9 Å². The molecular formula is C20H23NO4. The maximum Gasteiger partial charge on any atom is 0.338 e. The predicted molar refractivity (Wildman–Crippen MR) is 95.1 cm³/mol. The van der Waals surface area contributed by atoms with E-state index in [0.29, 0.717) is 6.54 Å². The van der Waals surface area contributed by atoms with Crippen LogP contribution >= 0.6 is 0 Å². The molecule has 0 bridgehead atoms. The van der Waals surface area contributed by atoms with Gasteiger partial charge in [0.15, 0.2) is 6.61 Å². The Labute approximate surface area is 147 Å². The number of phenolic OH excluding ortho intramolecular Hbond substituents is 1. The van der Waals surface area contributed by atoms with Gasteiger partial charge in [-0.3, -0.25) is 4.79 Å². The highest BCUT2D eigenvalue weighted by molar-refractivity contribution is 5.91. The van der Waals surface area contributed by atoms with Gasteiger partial charge in [-0.15, -0.1) is 0 Å². The highest BCUT2D eigenvalue weighted by atomic mass is 16.5. The Morgan fingerprint density at radius 1 is 1.04 bits per heavy atom. The summed E-state index contributed by atoms with van der Waals surface area (Å²) in [4.78, 5) is 26.3. The highest BCUT2D eigenvalue weighted by Gasteiger charge is 2.27. The lowest BCUT2D eigenvalue weighted by Gasteiger charge is -2.35. The van der Waals surface area contributed by atoms with Crippen LogP contribution in [0.2, 0.25) is 0 Å². The SMILES string of the molecule is CC(C)(C)N(Cc1ccccc1)C(=O)COC(=O)c1cccc(O)c1. The first kappa shape index (κ1) is 18.5. The van der Waals surface area contributed by atoms with Gasteiger partial charge in [0, 0.05) is 12.1 Å². The molecule has 25 heavy (non-hydrogen) atoms. The number of hydrogen-bond donors (Lipinski definition) is 1. The van der Waals surface area contributed by atoms with Crippen molar-refractivity contribution in [1.29, 1.82) is 0 Å². The van der Waals surface area contributed by atoms with Crippen LogP contribution in [-0.2, 0) is 16.1 Å². The fourth-order valence-corrected chi connectivity index (χ4v) is 2.39. The average molecular weight is 341 g/mol. The molecule has 132 valence electrons. The molecule has 2 aromatic rings. The molecule has 0 saturated heterocycles. The van der Waals surface area contributed by atoms with Crippen LogP contribution in [0, 0.1) is 0 Å². The van der Waals surface area contributed by atoms with Crippen molar-refractivity contribution in [1.82, 2.24) is 4.90 Å². The molecule has 0 fully saturated rings. The van der Waals surface area contributed by atoms with Crippen LogP contribution in [0.25, 0.3) is 0 Å². The average Bonchev–Trinajstić information content (AvgIpc) is 2.57. The molecule has 2 rings (SSSR count). The van der Waals surface area contributed by atoms with E-state index in [0.717, 1.165) is 5.56 Å². The molecule has 0 aliphatic rings. The minimum Gasteiger partial charge on any atom is -0.508 e. The second kappa shape index (κ2) is 7.83. The van der Waals surface area contributed by atoms with Crippen LogP contribution in [0.3, 0.4) is 0 Å². The maximum atomic E-state index is 12.6. The number of carbonyl (C=O) groups excluding carboxylic acids is 2. The normalized spacial score (nSPS) is 11.0. The molecule has 1 N–H and O–H groups in total. The van der Waals surface area contributed by atoms with Crippen LogP contribution in [0.15, 0.2) is 54.6 Å². The summed E-state index contributed by atoms with van der Waals surface area (Å²) in [6.45, 7) is 5.89. The monoisotopic (exact) mass is 341 g/mol. The lowest BCUT2D eigenvalue weighted by molar-refractivity contribution is -0.140. The number of carbonyl (C=O) groups is 2. The maximum absolute atomic E-state index is 12.6. The minimum atomic E-state index is -0.641. The van der Waals surface area contributed by atoms with Crippen LogP contribution in [0.5, 0.6) is 5.75 Å². The molecule has 0 aliphatic carbocycles. The number of rotatable bonds is 5. The summed E-state index contributed by atoms with van der Waals surface area (Å²) in [6, 6.07) is 15.5. The Kier molecular flexibility index (Phi) is 5.80. The molecule has 0 heterocycles. The molecule has 2 aromatic carbocycles. The van der Waals surface area contributed by atoms with Crippen molar-refractivity contribution in [3.05, 3.63) is 65.7 Å². The van der Waals surface area contributed by atoms with Crippen molar-refractivity contribution in [2.45, 2.75) is 32.9 Å². The molecule has 0 atom stereocenters. The molecule has 0 radical (unpaired) electrons. The van der Waals surface area contributed by atoms with E-state index in [4.69, 9.17) is 4.74 Å². The number of esters is 1. The predicted octanol–water partition coefficient (Wildman–Crippen LogP) is 3.38. The first-order valence-corrected chi connectivity index (χ1v) is 8.08. The van der Waals surface area contributed by atoms with E-state index in [2.05, 4.69) is 0 Å². The summed E-state index contributed by atoms with van der Waals surface area (Å²) in [6.07, 6.45) is 0. The van der Waals surface area contributed by atoms with Gasteiger partial charge in [-0.25, -0.2) is 4.79 Å². The Morgan fingerprint density at radius 2 is 1.72 bits per heavy atom. The molecule has 0 aliphatic heterocycles. The van der Waals surface area contributed by atoms with Crippen molar-refractivity contribution in [2.75, 3.05) is 6.61 Å². The largest absolute Gasteiger partial charge is 0.508 e. The van der Waals surface area contributed by atoms with Gasteiger partial charge in [-0.05, 0) is 44.5 Å². The van der Waals surface area contributed by atoms with Crippen molar-refractivity contribution in [3.63, 3.8) is 0 Å². The van der Waals surface area contributed by atoms with Gasteiger partial charge in [0.25, 0.3) is 5.91 Å². The van der Waals surface area contributed by atoms with E-state index in [1.54, 1.807) is 11.0 Å². The zero-order valence-corrected chi connectivity index (χ0v) is 14.7. The van der Waals surface area contributed by atoms with Gasteiger partial charge in [-0.2, -0.15) is 0 Å². The van der Waals surface area contributed by atoms with E-state index in [1.807, 2.05) is 51.1 Å². The molecule has 5 nitrogen and oxygen atoms in total. The number of nitrogens with zero attached hydrogens (tertiary/aromatic N) is 1. The molecule has 0 unspecified atom stereocenters. The first-order chi connectivity index (χ1) is 11.8. The van der Waals surface area contributed by atoms with E-state index in [-0.39, 0.29) is 23.8 Å². The van der Waals surface area contributed by atoms with Gasteiger partial charge in [0.2, 0.25) is 0 Å². The molecular weight excluding hydrogens is 318 g/mol. The van der Waals surface area contributed by atoms with Gasteiger partial charge in [-0.1, -0.05) is 36.4 Å². The van der Waals surface area contributed by atoms with Gasteiger partial charge in [0.05, 0.1) is 5.56 Å². The Bertz CT molecular complexity index is 735. The fourth-order valence-electron chi connectivity index (χ4n) is 2.39. The zero-order chi connectivity index (χ0) is 18.4. The molecule has 0 spiro atoms. The van der Waals surface area contributed by atoms with Crippen LogP contribution in [0.1, 0.15) is 36.7 Å². The number of aromatic hydroxyl groups is 1. The topological polar surface area (TPSA) is 66.8 Å². The zero-order valence-electron chi connectivity index (χ0n) is 14.7. The second-order valence-electron chi connectivity index (χ2n) is 6.76. The smallest absolute Gasteiger partial charge is 0.338 e. The van der Waals surface area contributed by atoms with Gasteiger partial charge < -0.3 is 14.7 Å². The summed E-state index contributed by atoms with van der Waals surface area (Å²) >= 11 is 0. The third-order valence-electron chi connectivity index (χ3n) is 3.70. The summed E-state index contributed by atoms with van der Waals surface area (Å²) in [5.41, 5.74) is 0.799. The number of hydrogen-bond acceptors (Lipinski definition) is 4. The van der Waals surface area contributed by atoms with E-state index < -0.39 is 11.5 Å². The Morgan fingerprint density at radius 3 is 2.32 bits per heavy atom. The van der Waals surface area contributed by atoms with Gasteiger partial charge in [0.1, 0.15) is 5.75 Å². The number of benzene rings is 2. The van der Waals surface area contributed by atoms with E-state index in [9.17, 15) is 14.7 Å². The summed E-state index contributed by atoms with van der Waals surface area (Å²) in [7, 11) is 0. The van der Waals surface area contributed by atoms with Crippen molar-refractivity contribution < 1.29 is 19.4 Å².